The van der Waals surface area contributed by atoms with E-state index in [1.54, 1.807) is 0 Å². The van der Waals surface area contributed by atoms with Crippen LogP contribution in [0.25, 0.3) is 121 Å². The van der Waals surface area contributed by atoms with E-state index in [1.807, 2.05) is 35.6 Å². The summed E-state index contributed by atoms with van der Waals surface area (Å²) in [6.07, 6.45) is 6.50. The maximum Gasteiger partial charge on any atom is 0.166 e. The van der Waals surface area contributed by atoms with E-state index in [1.165, 1.54) is 47.5 Å². The Balaban J connectivity index is 1.20. The number of furan rings is 1. The average molecular weight is 773 g/mol. The van der Waals surface area contributed by atoms with Crippen molar-refractivity contribution in [3.8, 4) is 39.9 Å². The molecule has 6 heteroatoms. The summed E-state index contributed by atoms with van der Waals surface area (Å²) in [6, 6.07) is 56.2. The van der Waals surface area contributed by atoms with Crippen molar-refractivity contribution in [3.63, 3.8) is 0 Å². The standard InChI is InChI=1S/C53H32N4OS/c1-2-15-33-30-43-40(29-32(33)14-1)35-18-5-8-23-41(35)57(43)42-27-28-47-49(38-20-7-10-26-46(38)59-47)50(42)53-55-51(36-21-11-16-31-13-3-4-17-34(31)36)54-52(56-53)39-22-12-25-45-48(39)37-19-6-9-24-44(37)58-45/h1-2,4-12,14-30H,3,13H2. The third kappa shape index (κ3) is 4.87. The zero-order valence-electron chi connectivity index (χ0n) is 31.7. The Hall–Kier alpha value is -7.41. The van der Waals surface area contributed by atoms with Crippen molar-refractivity contribution in [1.29, 1.82) is 0 Å². The highest BCUT2D eigenvalue weighted by Crippen LogP contribution is 2.46. The van der Waals surface area contributed by atoms with Crippen LogP contribution in [0.1, 0.15) is 17.5 Å². The normalized spacial score (nSPS) is 12.9. The quantitative estimate of drug-likeness (QED) is 0.179. The Morgan fingerprint density at radius 1 is 0.508 bits per heavy atom. The van der Waals surface area contributed by atoms with Crippen LogP contribution in [0.4, 0.5) is 0 Å². The second-order valence-electron chi connectivity index (χ2n) is 15.4. The molecule has 0 amide bonds. The van der Waals surface area contributed by atoms with Crippen molar-refractivity contribution >= 4 is 92.1 Å². The number of allylic oxidation sites excluding steroid dienone is 1. The van der Waals surface area contributed by atoms with Crippen LogP contribution in [0, 0.1) is 0 Å². The highest BCUT2D eigenvalue weighted by atomic mass is 32.1. The molecule has 1 aliphatic carbocycles. The van der Waals surface area contributed by atoms with Crippen LogP contribution in [0.15, 0.2) is 168 Å². The first-order chi connectivity index (χ1) is 29.2. The molecule has 0 unspecified atom stereocenters. The number of thiophene rings is 1. The molecule has 0 fully saturated rings. The van der Waals surface area contributed by atoms with Crippen LogP contribution in [-0.2, 0) is 6.42 Å². The molecule has 0 atom stereocenters. The van der Waals surface area contributed by atoms with E-state index in [2.05, 4.69) is 150 Å². The second kappa shape index (κ2) is 12.5. The van der Waals surface area contributed by atoms with Gasteiger partial charge in [0, 0.05) is 52.8 Å². The molecule has 0 spiro atoms. The average Bonchev–Trinajstić information content (AvgIpc) is 3.97. The molecule has 4 heterocycles. The molecule has 12 aromatic rings. The number of nitrogens with zero attached hydrogens (tertiary/aromatic N) is 4. The Morgan fingerprint density at radius 2 is 1.22 bits per heavy atom. The van der Waals surface area contributed by atoms with E-state index < -0.39 is 0 Å². The van der Waals surface area contributed by atoms with E-state index in [0.29, 0.717) is 17.5 Å². The molecule has 1 aliphatic rings. The highest BCUT2D eigenvalue weighted by Gasteiger charge is 2.25. The number of para-hydroxylation sites is 2. The van der Waals surface area contributed by atoms with Gasteiger partial charge in [-0.2, -0.15) is 0 Å². The highest BCUT2D eigenvalue weighted by molar-refractivity contribution is 7.26. The number of aryl methyl sites for hydroxylation is 1. The second-order valence-corrected chi connectivity index (χ2v) is 16.5. The van der Waals surface area contributed by atoms with Crippen LogP contribution in [0.3, 0.4) is 0 Å². The summed E-state index contributed by atoms with van der Waals surface area (Å²) in [4.78, 5) is 16.5. The van der Waals surface area contributed by atoms with Gasteiger partial charge in [0.1, 0.15) is 11.2 Å². The van der Waals surface area contributed by atoms with Crippen LogP contribution < -0.4 is 0 Å². The Kier molecular flexibility index (Phi) is 6.94. The van der Waals surface area contributed by atoms with E-state index >= 15 is 0 Å². The SMILES string of the molecule is C1=Cc2c(cccc2-c2nc(-c3cccc4oc5ccccc5c34)nc(-c3c(-n4c5ccccc5c5cc6ccccc6cc54)ccc4sc5ccccc5c34)n2)CC1. The molecule has 13 rings (SSSR count). The molecule has 0 N–H and O–H groups in total. The van der Waals surface area contributed by atoms with Gasteiger partial charge in [0.2, 0.25) is 0 Å². The van der Waals surface area contributed by atoms with Crippen LogP contribution >= 0.6 is 11.3 Å². The maximum absolute atomic E-state index is 6.41. The molecule has 0 radical (unpaired) electrons. The minimum atomic E-state index is 0.607. The number of hydrogen-bond donors (Lipinski definition) is 0. The van der Waals surface area contributed by atoms with E-state index in [0.717, 1.165) is 73.6 Å². The molecule has 0 saturated heterocycles. The van der Waals surface area contributed by atoms with Crippen molar-refractivity contribution < 1.29 is 4.42 Å². The molecule has 0 bridgehead atoms. The van der Waals surface area contributed by atoms with Crippen LogP contribution in [0.2, 0.25) is 0 Å². The fourth-order valence-electron chi connectivity index (χ4n) is 9.49. The molecular formula is C53H32N4OS. The molecule has 276 valence electrons. The van der Waals surface area contributed by atoms with Gasteiger partial charge in [-0.15, -0.1) is 11.3 Å². The van der Waals surface area contributed by atoms with Crippen LogP contribution in [-0.4, -0.2) is 19.5 Å². The molecule has 8 aromatic carbocycles. The molecule has 5 nitrogen and oxygen atoms in total. The third-order valence-electron chi connectivity index (χ3n) is 12.1. The van der Waals surface area contributed by atoms with Gasteiger partial charge < -0.3 is 8.98 Å². The van der Waals surface area contributed by atoms with Gasteiger partial charge in [0.05, 0.1) is 22.3 Å². The predicted octanol–water partition coefficient (Wildman–Crippen LogP) is 14.3. The Bertz CT molecular complexity index is 3750. The Morgan fingerprint density at radius 3 is 2.14 bits per heavy atom. The smallest absolute Gasteiger partial charge is 0.166 e. The van der Waals surface area contributed by atoms with Gasteiger partial charge in [-0.05, 0) is 83.3 Å². The molecular weight excluding hydrogens is 741 g/mol. The summed E-state index contributed by atoms with van der Waals surface area (Å²) in [5.74, 6) is 1.88. The summed E-state index contributed by atoms with van der Waals surface area (Å²) >= 11 is 1.81. The van der Waals surface area contributed by atoms with Crippen molar-refractivity contribution in [1.82, 2.24) is 19.5 Å². The zero-order chi connectivity index (χ0) is 38.6. The van der Waals surface area contributed by atoms with E-state index in [-0.39, 0.29) is 0 Å². The van der Waals surface area contributed by atoms with Gasteiger partial charge >= 0.3 is 0 Å². The molecule has 59 heavy (non-hydrogen) atoms. The molecule has 4 aromatic heterocycles. The minimum absolute atomic E-state index is 0.607. The number of benzene rings is 8. The van der Waals surface area contributed by atoms with Gasteiger partial charge in [-0.1, -0.05) is 121 Å². The van der Waals surface area contributed by atoms with Gasteiger partial charge in [0.15, 0.2) is 17.5 Å². The van der Waals surface area contributed by atoms with Crippen molar-refractivity contribution in [2.45, 2.75) is 12.8 Å². The fraction of sp³-hybridized carbons (Fsp3) is 0.0377. The molecule has 0 aliphatic heterocycles. The lowest BCUT2D eigenvalue weighted by Crippen LogP contribution is -2.05. The van der Waals surface area contributed by atoms with Gasteiger partial charge in [0.25, 0.3) is 0 Å². The van der Waals surface area contributed by atoms with Crippen molar-refractivity contribution in [2.24, 2.45) is 0 Å². The number of fused-ring (bicyclic) bond motifs is 11. The van der Waals surface area contributed by atoms with E-state index in [9.17, 15) is 0 Å². The van der Waals surface area contributed by atoms with Crippen molar-refractivity contribution in [3.05, 3.63) is 175 Å². The first-order valence-corrected chi connectivity index (χ1v) is 20.9. The van der Waals surface area contributed by atoms with Crippen LogP contribution in [0.5, 0.6) is 0 Å². The number of aromatic nitrogens is 4. The first kappa shape index (κ1) is 32.7. The summed E-state index contributed by atoms with van der Waals surface area (Å²) in [5, 5.41) is 9.17. The summed E-state index contributed by atoms with van der Waals surface area (Å²) in [5.41, 5.74) is 10.3. The summed E-state index contributed by atoms with van der Waals surface area (Å²) in [6.45, 7) is 0. The lowest BCUT2D eigenvalue weighted by atomic mass is 9.93. The lowest BCUT2D eigenvalue weighted by Gasteiger charge is -2.18. The summed E-state index contributed by atoms with van der Waals surface area (Å²) < 4.78 is 11.2. The minimum Gasteiger partial charge on any atom is -0.456 e. The number of hydrogen-bond acceptors (Lipinski definition) is 5. The molecule has 0 saturated carbocycles. The largest absolute Gasteiger partial charge is 0.456 e. The number of rotatable bonds is 4. The topological polar surface area (TPSA) is 56.7 Å². The predicted molar refractivity (Wildman–Crippen MR) is 246 cm³/mol. The fourth-order valence-corrected chi connectivity index (χ4v) is 10.6. The Labute approximate surface area is 342 Å². The van der Waals surface area contributed by atoms with Crippen molar-refractivity contribution in [2.75, 3.05) is 0 Å². The summed E-state index contributed by atoms with van der Waals surface area (Å²) in [7, 11) is 0. The zero-order valence-corrected chi connectivity index (χ0v) is 32.5. The maximum atomic E-state index is 6.41. The third-order valence-corrected chi connectivity index (χ3v) is 13.2. The first-order valence-electron chi connectivity index (χ1n) is 20.1. The lowest BCUT2D eigenvalue weighted by molar-refractivity contribution is 0.669. The van der Waals surface area contributed by atoms with E-state index in [4.69, 9.17) is 19.4 Å². The van der Waals surface area contributed by atoms with Gasteiger partial charge in [-0.3, -0.25) is 0 Å². The monoisotopic (exact) mass is 772 g/mol. The van der Waals surface area contributed by atoms with Gasteiger partial charge in [-0.25, -0.2) is 15.0 Å².